The van der Waals surface area contributed by atoms with Gasteiger partial charge in [0, 0.05) is 37.3 Å². The maximum atomic E-state index is 3.90. The van der Waals surface area contributed by atoms with Crippen LogP contribution in [0.4, 0.5) is 0 Å². The fraction of sp³-hybridized carbons (Fsp3) is 1.00. The number of nitrogens with one attached hydrogen (secondary N) is 1. The molecule has 0 spiro atoms. The number of fused-ring (bicyclic) bond motifs is 3. The minimum atomic E-state index is 0.914. The first-order valence-corrected chi connectivity index (χ1v) is 8.69. The lowest BCUT2D eigenvalue weighted by Gasteiger charge is -2.24. The molecule has 7 unspecified atom stereocenters. The third kappa shape index (κ3) is 1.39. The normalized spacial score (nSPS) is 65.4. The Kier molecular flexibility index (Phi) is 1.88. The first-order chi connectivity index (χ1) is 9.40. The van der Waals surface area contributed by atoms with Crippen LogP contribution in [0.3, 0.4) is 0 Å². The fourth-order valence-corrected chi connectivity index (χ4v) is 6.08. The van der Waals surface area contributed by atoms with Gasteiger partial charge in [-0.05, 0) is 49.4 Å². The molecule has 3 aliphatic carbocycles. The lowest BCUT2D eigenvalue weighted by molar-refractivity contribution is 0.0700. The zero-order valence-corrected chi connectivity index (χ0v) is 11.7. The van der Waals surface area contributed by atoms with Gasteiger partial charge in [0.05, 0.1) is 0 Å². The molecule has 1 N–H and O–H groups in total. The molecule has 3 aliphatic heterocycles. The SMILES string of the molecule is C1CCC2C(C1)N2N1CC2C(C1)C2C1CC2CC2N1. The largest absolute Gasteiger partial charge is 0.311 e. The van der Waals surface area contributed by atoms with Crippen molar-refractivity contribution >= 4 is 0 Å². The van der Waals surface area contributed by atoms with Crippen LogP contribution < -0.4 is 5.32 Å². The molecule has 19 heavy (non-hydrogen) atoms. The molecule has 7 atom stereocenters. The van der Waals surface area contributed by atoms with Gasteiger partial charge in [0.15, 0.2) is 0 Å². The molecule has 6 aliphatic rings. The number of nitrogens with zero attached hydrogens (tertiary/aromatic N) is 2. The van der Waals surface area contributed by atoms with Crippen LogP contribution in [0.15, 0.2) is 0 Å². The van der Waals surface area contributed by atoms with Crippen LogP contribution in [0.2, 0.25) is 0 Å². The van der Waals surface area contributed by atoms with Gasteiger partial charge in [-0.1, -0.05) is 12.8 Å². The first-order valence-electron chi connectivity index (χ1n) is 8.69. The van der Waals surface area contributed by atoms with E-state index in [1.165, 1.54) is 51.6 Å². The Morgan fingerprint density at radius 3 is 2.16 bits per heavy atom. The Morgan fingerprint density at radius 1 is 0.842 bits per heavy atom. The summed E-state index contributed by atoms with van der Waals surface area (Å²) in [4.78, 5) is 0. The van der Waals surface area contributed by atoms with E-state index < -0.39 is 0 Å². The van der Waals surface area contributed by atoms with Crippen molar-refractivity contribution in [2.24, 2.45) is 23.7 Å². The van der Waals surface area contributed by atoms with Crippen molar-refractivity contribution in [3.63, 3.8) is 0 Å². The van der Waals surface area contributed by atoms with Crippen LogP contribution in [-0.2, 0) is 0 Å². The van der Waals surface area contributed by atoms with E-state index >= 15 is 0 Å². The molecule has 3 saturated heterocycles. The number of hydrazine groups is 1. The van der Waals surface area contributed by atoms with Crippen LogP contribution in [0.5, 0.6) is 0 Å². The number of piperidine rings is 2. The van der Waals surface area contributed by atoms with E-state index in [0.29, 0.717) is 0 Å². The molecule has 0 bridgehead atoms. The van der Waals surface area contributed by atoms with Crippen LogP contribution in [0.1, 0.15) is 38.5 Å². The summed E-state index contributed by atoms with van der Waals surface area (Å²) in [6.07, 6.45) is 8.92. The molecule has 3 heterocycles. The average molecular weight is 259 g/mol. The van der Waals surface area contributed by atoms with Crippen molar-refractivity contribution in [3.05, 3.63) is 0 Å². The maximum absolute atomic E-state index is 3.90. The summed E-state index contributed by atoms with van der Waals surface area (Å²) in [5.41, 5.74) is 0. The fourth-order valence-electron chi connectivity index (χ4n) is 6.08. The summed E-state index contributed by atoms with van der Waals surface area (Å²) in [7, 11) is 0. The van der Waals surface area contributed by atoms with Crippen molar-refractivity contribution in [3.8, 4) is 0 Å². The molecule has 6 rings (SSSR count). The molecule has 0 amide bonds. The number of hydrogen-bond acceptors (Lipinski definition) is 3. The topological polar surface area (TPSA) is 18.3 Å². The van der Waals surface area contributed by atoms with Gasteiger partial charge in [-0.15, -0.1) is 0 Å². The summed E-state index contributed by atoms with van der Waals surface area (Å²) in [5.74, 6) is 4.25. The maximum Gasteiger partial charge on any atom is 0.0419 e. The second kappa shape index (κ2) is 3.37. The van der Waals surface area contributed by atoms with E-state index in [1.807, 2.05) is 0 Å². The van der Waals surface area contributed by atoms with E-state index in [-0.39, 0.29) is 0 Å². The number of hydrogen-bond donors (Lipinski definition) is 1. The van der Waals surface area contributed by atoms with E-state index in [0.717, 1.165) is 47.8 Å². The number of rotatable bonds is 2. The molecule has 3 nitrogen and oxygen atoms in total. The second-order valence-corrected chi connectivity index (χ2v) is 8.19. The summed E-state index contributed by atoms with van der Waals surface area (Å²) in [6, 6.07) is 3.78. The van der Waals surface area contributed by atoms with Crippen molar-refractivity contribution in [2.75, 3.05) is 13.1 Å². The van der Waals surface area contributed by atoms with Crippen LogP contribution in [0.25, 0.3) is 0 Å². The minimum Gasteiger partial charge on any atom is -0.311 e. The lowest BCUT2D eigenvalue weighted by atomic mass is 10.0. The predicted molar refractivity (Wildman–Crippen MR) is 73.4 cm³/mol. The lowest BCUT2D eigenvalue weighted by Crippen LogP contribution is -2.36. The van der Waals surface area contributed by atoms with Gasteiger partial charge in [0.2, 0.25) is 0 Å². The molecular weight excluding hydrogens is 234 g/mol. The molecule has 0 aromatic rings. The zero-order valence-electron chi connectivity index (χ0n) is 11.7. The molecular formula is C16H25N3. The summed E-state index contributed by atoms with van der Waals surface area (Å²) in [6.45, 7) is 2.80. The van der Waals surface area contributed by atoms with E-state index in [1.54, 1.807) is 0 Å². The quantitative estimate of drug-likeness (QED) is 0.757. The Morgan fingerprint density at radius 2 is 1.53 bits per heavy atom. The average Bonchev–Trinajstić information content (AvgIpc) is 3.38. The van der Waals surface area contributed by atoms with Gasteiger partial charge in [-0.3, -0.25) is 0 Å². The second-order valence-electron chi connectivity index (χ2n) is 8.19. The highest BCUT2D eigenvalue weighted by Gasteiger charge is 2.65. The third-order valence-electron chi connectivity index (χ3n) is 7.22. The minimum absolute atomic E-state index is 0.914. The Labute approximate surface area is 115 Å². The Bertz CT molecular complexity index is 390. The van der Waals surface area contributed by atoms with Crippen molar-refractivity contribution in [1.29, 1.82) is 0 Å². The summed E-state index contributed by atoms with van der Waals surface area (Å²) < 4.78 is 0. The molecule has 0 radical (unpaired) electrons. The monoisotopic (exact) mass is 259 g/mol. The van der Waals surface area contributed by atoms with Gasteiger partial charge in [-0.25, -0.2) is 10.0 Å². The van der Waals surface area contributed by atoms with E-state index in [9.17, 15) is 0 Å². The molecule has 0 aromatic carbocycles. The first kappa shape index (κ1) is 10.6. The van der Waals surface area contributed by atoms with Gasteiger partial charge < -0.3 is 5.32 Å². The molecule has 104 valence electrons. The Hall–Kier alpha value is -0.120. The highest BCUT2D eigenvalue weighted by atomic mass is 15.7. The van der Waals surface area contributed by atoms with Gasteiger partial charge in [-0.2, -0.15) is 0 Å². The predicted octanol–water partition coefficient (Wildman–Crippen LogP) is 1.46. The summed E-state index contributed by atoms with van der Waals surface area (Å²) >= 11 is 0. The third-order valence-corrected chi connectivity index (χ3v) is 7.22. The highest BCUT2D eigenvalue weighted by molar-refractivity contribution is 5.16. The van der Waals surface area contributed by atoms with Crippen molar-refractivity contribution in [2.45, 2.75) is 62.7 Å². The van der Waals surface area contributed by atoms with Crippen LogP contribution in [0, 0.1) is 23.7 Å². The van der Waals surface area contributed by atoms with E-state index in [4.69, 9.17) is 0 Å². The van der Waals surface area contributed by atoms with Crippen LogP contribution in [-0.4, -0.2) is 47.3 Å². The zero-order chi connectivity index (χ0) is 12.1. The van der Waals surface area contributed by atoms with Gasteiger partial charge in [0.25, 0.3) is 0 Å². The van der Waals surface area contributed by atoms with Crippen LogP contribution >= 0.6 is 0 Å². The molecule has 3 saturated carbocycles. The summed E-state index contributed by atoms with van der Waals surface area (Å²) in [5, 5.41) is 9.42. The molecule has 3 heteroatoms. The molecule has 6 fully saturated rings. The van der Waals surface area contributed by atoms with Crippen molar-refractivity contribution in [1.82, 2.24) is 15.3 Å². The Balaban J connectivity index is 1.10. The van der Waals surface area contributed by atoms with Gasteiger partial charge in [0.1, 0.15) is 0 Å². The molecule has 0 aromatic heterocycles. The smallest absolute Gasteiger partial charge is 0.0419 e. The standard InChI is InChI=1S/C16H25N3/c1-2-4-15-14(3-1)19(15)18-7-10-11(8-18)16(10)13-6-9-5-12(9)17-13/h9-17H,1-8H2. The van der Waals surface area contributed by atoms with E-state index in [2.05, 4.69) is 15.3 Å². The van der Waals surface area contributed by atoms with Crippen molar-refractivity contribution < 1.29 is 0 Å². The highest BCUT2D eigenvalue weighted by Crippen LogP contribution is 2.59. The van der Waals surface area contributed by atoms with Gasteiger partial charge >= 0.3 is 0 Å².